The Hall–Kier alpha value is -1.63. The van der Waals surface area contributed by atoms with Crippen LogP contribution in [-0.4, -0.2) is 34.8 Å². The smallest absolute Gasteiger partial charge is 0.254 e. The highest BCUT2D eigenvalue weighted by Crippen LogP contribution is 2.21. The van der Waals surface area contributed by atoms with Gasteiger partial charge in [0.05, 0.1) is 0 Å². The molecule has 0 aliphatic carbocycles. The van der Waals surface area contributed by atoms with Crippen molar-refractivity contribution in [2.45, 2.75) is 20.3 Å². The predicted molar refractivity (Wildman–Crippen MR) is 98.1 cm³/mol. The zero-order valence-electron chi connectivity index (χ0n) is 13.3. The van der Waals surface area contributed by atoms with E-state index in [4.69, 9.17) is 23.2 Å². The molecule has 0 fully saturated rings. The molecule has 0 aliphatic heterocycles. The molecular formula is C16H17Cl2N3O2S. The number of carbonyl (C=O) groups excluding carboxylic acids is 2. The van der Waals surface area contributed by atoms with Crippen LogP contribution in [0.15, 0.2) is 24.4 Å². The minimum atomic E-state index is -0.292. The third-order valence-electron chi connectivity index (χ3n) is 3.09. The lowest BCUT2D eigenvalue weighted by Crippen LogP contribution is -2.38. The molecule has 0 unspecified atom stereocenters. The summed E-state index contributed by atoms with van der Waals surface area (Å²) in [6.07, 6.45) is 2.41. The maximum Gasteiger partial charge on any atom is 0.254 e. The maximum absolute atomic E-state index is 12.6. The average Bonchev–Trinajstić information content (AvgIpc) is 2.90. The van der Waals surface area contributed by atoms with Gasteiger partial charge in [-0.2, -0.15) is 0 Å². The Morgan fingerprint density at radius 1 is 1.25 bits per heavy atom. The van der Waals surface area contributed by atoms with Crippen LogP contribution < -0.4 is 5.32 Å². The quantitative estimate of drug-likeness (QED) is 0.808. The second-order valence-corrected chi connectivity index (χ2v) is 7.32. The molecule has 1 N–H and O–H groups in total. The SMILES string of the molecule is CCCN(CC(=O)Nc1ncc(C)s1)C(=O)c1cc(Cl)cc(Cl)c1. The van der Waals surface area contributed by atoms with Crippen LogP contribution in [0.2, 0.25) is 10.0 Å². The zero-order valence-corrected chi connectivity index (χ0v) is 15.6. The van der Waals surface area contributed by atoms with E-state index in [0.717, 1.165) is 11.3 Å². The van der Waals surface area contributed by atoms with Gasteiger partial charge < -0.3 is 10.2 Å². The first kappa shape index (κ1) is 18.7. The first-order valence-corrected chi connectivity index (χ1v) is 8.94. The fraction of sp³-hybridized carbons (Fsp3) is 0.312. The van der Waals surface area contributed by atoms with E-state index in [1.165, 1.54) is 16.2 Å². The van der Waals surface area contributed by atoms with Crippen molar-refractivity contribution in [1.29, 1.82) is 0 Å². The Bertz CT molecular complexity index is 728. The summed E-state index contributed by atoms with van der Waals surface area (Å²) in [6, 6.07) is 4.64. The number of hydrogen-bond donors (Lipinski definition) is 1. The largest absolute Gasteiger partial charge is 0.329 e. The Morgan fingerprint density at radius 3 is 2.46 bits per heavy atom. The summed E-state index contributed by atoms with van der Waals surface area (Å²) >= 11 is 13.3. The second-order valence-electron chi connectivity index (χ2n) is 5.21. The van der Waals surface area contributed by atoms with Crippen LogP contribution in [-0.2, 0) is 4.79 Å². The minimum Gasteiger partial charge on any atom is -0.329 e. The first-order valence-electron chi connectivity index (χ1n) is 7.36. The second kappa shape index (κ2) is 8.46. The molecular weight excluding hydrogens is 369 g/mol. The molecule has 1 aromatic heterocycles. The molecule has 0 radical (unpaired) electrons. The van der Waals surface area contributed by atoms with E-state index >= 15 is 0 Å². The third kappa shape index (κ3) is 5.19. The van der Waals surface area contributed by atoms with Crippen molar-refractivity contribution in [1.82, 2.24) is 9.88 Å². The van der Waals surface area contributed by atoms with Crippen molar-refractivity contribution < 1.29 is 9.59 Å². The van der Waals surface area contributed by atoms with Crippen LogP contribution in [0.3, 0.4) is 0 Å². The monoisotopic (exact) mass is 385 g/mol. The lowest BCUT2D eigenvalue weighted by Gasteiger charge is -2.21. The highest BCUT2D eigenvalue weighted by atomic mass is 35.5. The Balaban J connectivity index is 2.10. The number of anilines is 1. The number of nitrogens with one attached hydrogen (secondary N) is 1. The number of benzene rings is 1. The minimum absolute atomic E-state index is 0.0601. The van der Waals surface area contributed by atoms with Gasteiger partial charge in [0.25, 0.3) is 5.91 Å². The fourth-order valence-corrected chi connectivity index (χ4v) is 3.33. The van der Waals surface area contributed by atoms with Gasteiger partial charge in [-0.1, -0.05) is 30.1 Å². The van der Waals surface area contributed by atoms with Gasteiger partial charge in [0.2, 0.25) is 5.91 Å². The molecule has 0 atom stereocenters. The standard InChI is InChI=1S/C16H17Cl2N3O2S/c1-3-4-21(9-14(22)20-16-19-8-10(2)24-16)15(23)11-5-12(17)7-13(18)6-11/h5-8H,3-4,9H2,1-2H3,(H,19,20,22). The molecule has 2 aromatic rings. The molecule has 0 bridgehead atoms. The number of nitrogens with zero attached hydrogens (tertiary/aromatic N) is 2. The normalized spacial score (nSPS) is 10.5. The number of amides is 2. The number of rotatable bonds is 6. The van der Waals surface area contributed by atoms with Gasteiger partial charge in [-0.15, -0.1) is 11.3 Å². The highest BCUT2D eigenvalue weighted by Gasteiger charge is 2.19. The summed E-state index contributed by atoms with van der Waals surface area (Å²) in [7, 11) is 0. The molecule has 0 saturated heterocycles. The molecule has 2 amide bonds. The summed E-state index contributed by atoms with van der Waals surface area (Å²) < 4.78 is 0. The number of halogens is 2. The maximum atomic E-state index is 12.6. The van der Waals surface area contributed by atoms with Crippen molar-refractivity contribution in [2.75, 3.05) is 18.4 Å². The third-order valence-corrected chi connectivity index (χ3v) is 4.36. The van der Waals surface area contributed by atoms with E-state index in [1.54, 1.807) is 24.4 Å². The molecule has 1 heterocycles. The van der Waals surface area contributed by atoms with Crippen LogP contribution in [0.5, 0.6) is 0 Å². The van der Waals surface area contributed by atoms with Gasteiger partial charge in [0.1, 0.15) is 6.54 Å². The molecule has 0 spiro atoms. The lowest BCUT2D eigenvalue weighted by atomic mass is 10.2. The predicted octanol–water partition coefficient (Wildman–Crippen LogP) is 4.25. The van der Waals surface area contributed by atoms with E-state index in [9.17, 15) is 9.59 Å². The Labute approximate surface area is 154 Å². The summed E-state index contributed by atoms with van der Waals surface area (Å²) in [4.78, 5) is 31.4. The highest BCUT2D eigenvalue weighted by molar-refractivity contribution is 7.15. The molecule has 8 heteroatoms. The fourth-order valence-electron chi connectivity index (χ4n) is 2.13. The zero-order chi connectivity index (χ0) is 17.7. The van der Waals surface area contributed by atoms with E-state index in [2.05, 4.69) is 10.3 Å². The number of hydrogen-bond acceptors (Lipinski definition) is 4. The van der Waals surface area contributed by atoms with Crippen LogP contribution >= 0.6 is 34.5 Å². The molecule has 5 nitrogen and oxygen atoms in total. The lowest BCUT2D eigenvalue weighted by molar-refractivity contribution is -0.116. The summed E-state index contributed by atoms with van der Waals surface area (Å²) in [5.74, 6) is -0.578. The van der Waals surface area contributed by atoms with Crippen molar-refractivity contribution in [3.8, 4) is 0 Å². The van der Waals surface area contributed by atoms with Gasteiger partial charge in [0, 0.05) is 33.2 Å². The summed E-state index contributed by atoms with van der Waals surface area (Å²) in [5.41, 5.74) is 0.360. The molecule has 1 aromatic carbocycles. The van der Waals surface area contributed by atoms with Gasteiger partial charge in [-0.25, -0.2) is 4.98 Å². The van der Waals surface area contributed by atoms with E-state index < -0.39 is 0 Å². The average molecular weight is 386 g/mol. The van der Waals surface area contributed by atoms with Crippen molar-refractivity contribution in [3.05, 3.63) is 44.9 Å². The van der Waals surface area contributed by atoms with Gasteiger partial charge in [-0.05, 0) is 31.5 Å². The topological polar surface area (TPSA) is 62.3 Å². The van der Waals surface area contributed by atoms with E-state index in [-0.39, 0.29) is 18.4 Å². The molecule has 0 saturated carbocycles. The Kier molecular flexibility index (Phi) is 6.60. The summed E-state index contributed by atoms with van der Waals surface area (Å²) in [5, 5.41) is 3.98. The van der Waals surface area contributed by atoms with Crippen molar-refractivity contribution in [2.24, 2.45) is 0 Å². The van der Waals surface area contributed by atoms with Gasteiger partial charge in [0.15, 0.2) is 5.13 Å². The number of thiazole rings is 1. The van der Waals surface area contributed by atoms with E-state index in [0.29, 0.717) is 27.3 Å². The van der Waals surface area contributed by atoms with Crippen LogP contribution in [0.4, 0.5) is 5.13 Å². The Morgan fingerprint density at radius 2 is 1.92 bits per heavy atom. The van der Waals surface area contributed by atoms with Gasteiger partial charge in [-0.3, -0.25) is 9.59 Å². The first-order chi connectivity index (χ1) is 11.4. The van der Waals surface area contributed by atoms with E-state index in [1.807, 2.05) is 13.8 Å². The number of aryl methyl sites for hydroxylation is 1. The number of aromatic nitrogens is 1. The van der Waals surface area contributed by atoms with Crippen LogP contribution in [0.25, 0.3) is 0 Å². The van der Waals surface area contributed by atoms with Crippen molar-refractivity contribution >= 4 is 51.5 Å². The molecule has 0 aliphatic rings. The molecule has 24 heavy (non-hydrogen) atoms. The molecule has 128 valence electrons. The number of carbonyl (C=O) groups is 2. The van der Waals surface area contributed by atoms with Gasteiger partial charge >= 0.3 is 0 Å². The molecule has 2 rings (SSSR count). The van der Waals surface area contributed by atoms with Crippen LogP contribution in [0.1, 0.15) is 28.6 Å². The van der Waals surface area contributed by atoms with Crippen LogP contribution in [0, 0.1) is 6.92 Å². The van der Waals surface area contributed by atoms with Crippen molar-refractivity contribution in [3.63, 3.8) is 0 Å². The summed E-state index contributed by atoms with van der Waals surface area (Å²) in [6.45, 7) is 4.24.